The predicted octanol–water partition coefficient (Wildman–Crippen LogP) is 5.05. The van der Waals surface area contributed by atoms with Crippen LogP contribution in [-0.2, 0) is 4.74 Å². The van der Waals surface area contributed by atoms with E-state index in [2.05, 4.69) is 27.7 Å². The lowest BCUT2D eigenvalue weighted by Crippen LogP contribution is -1.84. The van der Waals surface area contributed by atoms with Crippen LogP contribution in [0.5, 0.6) is 0 Å². The second kappa shape index (κ2) is 29.3. The van der Waals surface area contributed by atoms with Crippen LogP contribution >= 0.6 is 0 Å². The molecule has 1 nitrogen and oxygen atoms in total. The summed E-state index contributed by atoms with van der Waals surface area (Å²) in [5, 5.41) is 0. The summed E-state index contributed by atoms with van der Waals surface area (Å²) in [6.45, 7) is 14.5. The van der Waals surface area contributed by atoms with Crippen LogP contribution in [0.4, 0.5) is 0 Å². The number of hydrogen-bond acceptors (Lipinski definition) is 1. The lowest BCUT2D eigenvalue weighted by atomic mass is 10.3. The van der Waals surface area contributed by atoms with Crippen LogP contribution in [0.15, 0.2) is 0 Å². The monoisotopic (exact) mass is 204 g/mol. The summed E-state index contributed by atoms with van der Waals surface area (Å²) in [6, 6.07) is 0. The van der Waals surface area contributed by atoms with Gasteiger partial charge in [-0.05, 0) is 13.8 Å². The fourth-order valence-electron chi connectivity index (χ4n) is 0.558. The molecule has 0 aromatic rings. The number of ether oxygens (including phenoxy) is 1. The molecule has 0 aliphatic carbocycles. The van der Waals surface area contributed by atoms with Gasteiger partial charge in [-0.15, -0.1) is 0 Å². The molecular weight excluding hydrogens is 172 g/mol. The Labute approximate surface area is 92.2 Å². The summed E-state index contributed by atoms with van der Waals surface area (Å²) in [7, 11) is 0. The lowest BCUT2D eigenvalue weighted by Gasteiger charge is -1.86. The summed E-state index contributed by atoms with van der Waals surface area (Å²) in [5.41, 5.74) is 0. The smallest absolute Gasteiger partial charge is 0.0437 e. The lowest BCUT2D eigenvalue weighted by molar-refractivity contribution is 0.162. The molecule has 0 aromatic heterocycles. The molecular formula is C13H32O. The summed E-state index contributed by atoms with van der Waals surface area (Å²) in [4.78, 5) is 0. The van der Waals surface area contributed by atoms with Crippen molar-refractivity contribution in [3.63, 3.8) is 0 Å². The summed E-state index contributed by atoms with van der Waals surface area (Å²) in [5.74, 6) is 0. The molecule has 0 atom stereocenters. The van der Waals surface area contributed by atoms with Gasteiger partial charge in [0.05, 0.1) is 0 Å². The van der Waals surface area contributed by atoms with E-state index in [-0.39, 0.29) is 0 Å². The van der Waals surface area contributed by atoms with Gasteiger partial charge in [0.25, 0.3) is 0 Å². The highest BCUT2D eigenvalue weighted by atomic mass is 16.5. The Bertz CT molecular complexity index is 41.2. The Balaban J connectivity index is -0.000000131. The Morgan fingerprint density at radius 1 is 0.571 bits per heavy atom. The molecule has 0 aromatic carbocycles. The normalized spacial score (nSPS) is 8.14. The first-order valence-electron chi connectivity index (χ1n) is 6.32. The first-order valence-corrected chi connectivity index (χ1v) is 6.32. The van der Waals surface area contributed by atoms with E-state index in [0.717, 1.165) is 13.2 Å². The Morgan fingerprint density at radius 3 is 0.929 bits per heavy atom. The quantitative estimate of drug-likeness (QED) is 0.609. The van der Waals surface area contributed by atoms with E-state index < -0.39 is 0 Å². The topological polar surface area (TPSA) is 9.23 Å². The minimum Gasteiger partial charge on any atom is -0.382 e. The minimum atomic E-state index is 0.844. The van der Waals surface area contributed by atoms with Crippen molar-refractivity contribution >= 4 is 0 Å². The highest BCUT2D eigenvalue weighted by Crippen LogP contribution is 1.88. The van der Waals surface area contributed by atoms with E-state index in [0.29, 0.717) is 0 Å². The fraction of sp³-hybridized carbons (Fsp3) is 1.00. The van der Waals surface area contributed by atoms with Gasteiger partial charge in [-0.3, -0.25) is 0 Å². The van der Waals surface area contributed by atoms with E-state index in [4.69, 9.17) is 4.74 Å². The maximum Gasteiger partial charge on any atom is 0.0437 e. The van der Waals surface area contributed by atoms with Gasteiger partial charge in [-0.2, -0.15) is 0 Å². The third-order valence-electron chi connectivity index (χ3n) is 1.62. The minimum absolute atomic E-state index is 0.844. The zero-order valence-corrected chi connectivity index (χ0v) is 11.4. The van der Waals surface area contributed by atoms with Crippen LogP contribution in [0.3, 0.4) is 0 Å². The van der Waals surface area contributed by atoms with Gasteiger partial charge in [0, 0.05) is 13.2 Å². The molecule has 0 heterocycles. The maximum absolute atomic E-state index is 4.83. The third-order valence-corrected chi connectivity index (χ3v) is 1.62. The Morgan fingerprint density at radius 2 is 0.929 bits per heavy atom. The van der Waals surface area contributed by atoms with Crippen molar-refractivity contribution in [3.05, 3.63) is 0 Å². The molecule has 0 N–H and O–H groups in total. The molecule has 14 heavy (non-hydrogen) atoms. The van der Waals surface area contributed by atoms with Crippen LogP contribution in [-0.4, -0.2) is 13.2 Å². The molecule has 0 spiro atoms. The van der Waals surface area contributed by atoms with Crippen molar-refractivity contribution in [3.8, 4) is 0 Å². The average molecular weight is 204 g/mol. The summed E-state index contributed by atoms with van der Waals surface area (Å²) in [6.07, 6.45) is 6.72. The van der Waals surface area contributed by atoms with Crippen LogP contribution in [0, 0.1) is 0 Å². The van der Waals surface area contributed by atoms with Crippen molar-refractivity contribution < 1.29 is 4.74 Å². The number of hydrogen-bond donors (Lipinski definition) is 0. The Hall–Kier alpha value is -0.0400. The molecule has 0 unspecified atom stereocenters. The second-order valence-corrected chi connectivity index (χ2v) is 3.14. The SMILES string of the molecule is CCCC.CCCCC.CCOCC. The van der Waals surface area contributed by atoms with Crippen molar-refractivity contribution in [1.29, 1.82) is 0 Å². The molecule has 0 amide bonds. The molecule has 0 aliphatic heterocycles. The van der Waals surface area contributed by atoms with Crippen LogP contribution in [0.1, 0.15) is 73.6 Å². The molecule has 0 aliphatic rings. The molecule has 0 bridgehead atoms. The summed E-state index contributed by atoms with van der Waals surface area (Å²) >= 11 is 0. The molecule has 1 heteroatoms. The highest BCUT2D eigenvalue weighted by Gasteiger charge is 1.68. The molecule has 0 radical (unpaired) electrons. The first kappa shape index (κ1) is 19.5. The van der Waals surface area contributed by atoms with Gasteiger partial charge in [0.1, 0.15) is 0 Å². The largest absolute Gasteiger partial charge is 0.382 e. The van der Waals surface area contributed by atoms with Crippen molar-refractivity contribution in [2.24, 2.45) is 0 Å². The molecule has 0 rings (SSSR count). The van der Waals surface area contributed by atoms with E-state index in [1.165, 1.54) is 32.1 Å². The van der Waals surface area contributed by atoms with Crippen molar-refractivity contribution in [2.75, 3.05) is 13.2 Å². The molecule has 0 saturated heterocycles. The third kappa shape index (κ3) is 58.4. The predicted molar refractivity (Wildman–Crippen MR) is 67.9 cm³/mol. The zero-order valence-electron chi connectivity index (χ0n) is 11.4. The average Bonchev–Trinajstić information content (AvgIpc) is 2.22. The van der Waals surface area contributed by atoms with Crippen molar-refractivity contribution in [2.45, 2.75) is 73.6 Å². The fourth-order valence-corrected chi connectivity index (χ4v) is 0.558. The van der Waals surface area contributed by atoms with Crippen LogP contribution < -0.4 is 0 Å². The highest BCUT2D eigenvalue weighted by molar-refractivity contribution is 4.24. The van der Waals surface area contributed by atoms with Gasteiger partial charge >= 0.3 is 0 Å². The van der Waals surface area contributed by atoms with Gasteiger partial charge in [-0.25, -0.2) is 0 Å². The van der Waals surface area contributed by atoms with E-state index >= 15 is 0 Å². The van der Waals surface area contributed by atoms with E-state index in [9.17, 15) is 0 Å². The van der Waals surface area contributed by atoms with Gasteiger partial charge < -0.3 is 4.74 Å². The van der Waals surface area contributed by atoms with E-state index in [1.807, 2.05) is 13.8 Å². The Kier molecular flexibility index (Phi) is 40.8. The van der Waals surface area contributed by atoms with E-state index in [1.54, 1.807) is 0 Å². The van der Waals surface area contributed by atoms with Crippen LogP contribution in [0.25, 0.3) is 0 Å². The van der Waals surface area contributed by atoms with Crippen LogP contribution in [0.2, 0.25) is 0 Å². The molecule has 0 fully saturated rings. The maximum atomic E-state index is 4.83. The zero-order chi connectivity index (χ0) is 11.7. The first-order chi connectivity index (χ1) is 6.74. The van der Waals surface area contributed by atoms with Crippen molar-refractivity contribution in [1.82, 2.24) is 0 Å². The molecule has 0 saturated carbocycles. The summed E-state index contributed by atoms with van der Waals surface area (Å²) < 4.78 is 4.83. The standard InChI is InChI=1S/C5H12.C4H10O.C4H10/c2*1-3-5-4-2;1-3-4-2/h3-5H2,1-2H3;3-4H2,1-2H3;3-4H2,1-2H3. The number of unbranched alkanes of at least 4 members (excludes halogenated alkanes) is 3. The van der Waals surface area contributed by atoms with Gasteiger partial charge in [0.15, 0.2) is 0 Å². The molecule has 90 valence electrons. The number of rotatable bonds is 5. The second-order valence-electron chi connectivity index (χ2n) is 3.14. The van der Waals surface area contributed by atoms with Gasteiger partial charge in [-0.1, -0.05) is 59.8 Å². The van der Waals surface area contributed by atoms with Gasteiger partial charge in [0.2, 0.25) is 0 Å².